The van der Waals surface area contributed by atoms with Gasteiger partial charge < -0.3 is 10.5 Å². The van der Waals surface area contributed by atoms with Gasteiger partial charge in [0.25, 0.3) is 0 Å². The number of primary amides is 1. The number of nitrogens with zero attached hydrogens (tertiary/aromatic N) is 1. The van der Waals surface area contributed by atoms with Crippen LogP contribution in [0.1, 0.15) is 34.9 Å². The Kier molecular flexibility index (Phi) is 7.96. The van der Waals surface area contributed by atoms with E-state index in [1.807, 2.05) is 30.3 Å². The van der Waals surface area contributed by atoms with Crippen LogP contribution in [0.5, 0.6) is 0 Å². The number of benzene rings is 2. The van der Waals surface area contributed by atoms with Crippen LogP contribution in [0.15, 0.2) is 54.6 Å². The summed E-state index contributed by atoms with van der Waals surface area (Å²) >= 11 is 0. The smallest absolute Gasteiger partial charge is 0.405 e. The largest absolute Gasteiger partial charge is 0.440 e. The minimum Gasteiger partial charge on any atom is -0.440 e. The minimum atomic E-state index is -0.801. The van der Waals surface area contributed by atoms with Crippen molar-refractivity contribution in [3.05, 3.63) is 71.5 Å². The zero-order chi connectivity index (χ0) is 19.2. The number of rotatable bonds is 6. The number of carbonyl (C=O) groups excluding carboxylic acids is 2. The Labute approximate surface area is 170 Å². The van der Waals surface area contributed by atoms with Gasteiger partial charge in [0.2, 0.25) is 0 Å². The lowest BCUT2D eigenvalue weighted by molar-refractivity contribution is 0.0598. The van der Waals surface area contributed by atoms with Crippen molar-refractivity contribution in [2.45, 2.75) is 18.9 Å². The highest BCUT2D eigenvalue weighted by molar-refractivity contribution is 5.97. The molecular weight excluding hydrogens is 383 g/mol. The molecule has 1 heterocycles. The monoisotopic (exact) mass is 406 g/mol. The molecule has 1 atom stereocenters. The van der Waals surface area contributed by atoms with E-state index in [0.717, 1.165) is 18.7 Å². The van der Waals surface area contributed by atoms with Crippen molar-refractivity contribution in [1.29, 1.82) is 0 Å². The molecule has 1 aliphatic heterocycles. The molecule has 1 fully saturated rings. The molecule has 0 saturated carbocycles. The van der Waals surface area contributed by atoms with Crippen molar-refractivity contribution in [2.24, 2.45) is 11.7 Å². The summed E-state index contributed by atoms with van der Waals surface area (Å²) in [7, 11) is 0. The maximum Gasteiger partial charge on any atom is 0.405 e. The van der Waals surface area contributed by atoms with Gasteiger partial charge in [0, 0.05) is 18.0 Å². The normalized spacial score (nSPS) is 16.0. The van der Waals surface area contributed by atoms with Gasteiger partial charge in [0.15, 0.2) is 5.78 Å². The molecule has 1 saturated heterocycles. The summed E-state index contributed by atoms with van der Waals surface area (Å²) in [5.41, 5.74) is 6.66. The van der Waals surface area contributed by atoms with Crippen LogP contribution in [0.4, 0.5) is 9.18 Å². The number of ketones is 1. The van der Waals surface area contributed by atoms with Crippen LogP contribution in [0.3, 0.4) is 0 Å². The van der Waals surface area contributed by atoms with E-state index in [0.29, 0.717) is 24.9 Å². The van der Waals surface area contributed by atoms with Crippen molar-refractivity contribution < 1.29 is 18.7 Å². The quantitative estimate of drug-likeness (QED) is 0.736. The Balaban J connectivity index is 0.00000280. The molecule has 0 aliphatic carbocycles. The molecular formula is C21H24ClFN2O3. The Bertz CT molecular complexity index is 778. The number of halogens is 2. The number of nitrogens with two attached hydrogens (primary N) is 1. The van der Waals surface area contributed by atoms with E-state index in [-0.39, 0.29) is 29.9 Å². The van der Waals surface area contributed by atoms with Crippen molar-refractivity contribution in [3.63, 3.8) is 0 Å². The fraction of sp³-hybridized carbons (Fsp3) is 0.333. The van der Waals surface area contributed by atoms with Gasteiger partial charge in [-0.1, -0.05) is 30.3 Å². The van der Waals surface area contributed by atoms with Crippen molar-refractivity contribution >= 4 is 24.3 Å². The van der Waals surface area contributed by atoms with Crippen LogP contribution in [0, 0.1) is 11.7 Å². The molecule has 5 nitrogen and oxygen atoms in total. The average molecular weight is 407 g/mol. The molecule has 28 heavy (non-hydrogen) atoms. The number of likely N-dealkylation sites (tertiary alicyclic amines) is 1. The number of hydrogen-bond donors (Lipinski definition) is 1. The third-order valence-electron chi connectivity index (χ3n) is 4.94. The third kappa shape index (κ3) is 5.78. The summed E-state index contributed by atoms with van der Waals surface area (Å²) in [4.78, 5) is 26.0. The van der Waals surface area contributed by atoms with Gasteiger partial charge in [-0.25, -0.2) is 9.18 Å². The second kappa shape index (κ2) is 10.2. The van der Waals surface area contributed by atoms with Crippen LogP contribution in [-0.2, 0) is 4.74 Å². The topological polar surface area (TPSA) is 72.6 Å². The number of hydrogen-bond acceptors (Lipinski definition) is 4. The minimum absolute atomic E-state index is 0. The number of piperidine rings is 1. The summed E-state index contributed by atoms with van der Waals surface area (Å²) in [6.07, 6.45) is 0.195. The molecule has 1 aliphatic rings. The fourth-order valence-corrected chi connectivity index (χ4v) is 3.48. The fourth-order valence-electron chi connectivity index (χ4n) is 3.48. The molecule has 0 unspecified atom stereocenters. The summed E-state index contributed by atoms with van der Waals surface area (Å²) in [6.45, 7) is 1.98. The number of carbonyl (C=O) groups is 2. The van der Waals surface area contributed by atoms with Gasteiger partial charge in [-0.05, 0) is 55.8 Å². The van der Waals surface area contributed by atoms with E-state index in [1.165, 1.54) is 24.3 Å². The maximum absolute atomic E-state index is 13.0. The highest BCUT2D eigenvalue weighted by atomic mass is 35.5. The van der Waals surface area contributed by atoms with Crippen molar-refractivity contribution in [2.75, 3.05) is 19.6 Å². The summed E-state index contributed by atoms with van der Waals surface area (Å²) in [5, 5.41) is 0. The third-order valence-corrected chi connectivity index (χ3v) is 4.94. The molecule has 0 bridgehead atoms. The van der Waals surface area contributed by atoms with Crippen LogP contribution >= 0.6 is 12.4 Å². The standard InChI is InChI=1S/C21H23FN2O3.ClH/c22-18-8-6-16(7-9-18)20(25)17-10-12-24(13-11-17)14-19(27-21(23)26)15-4-2-1-3-5-15;/h1-9,17,19H,10-14H2,(H2,23,26);1H/t19-;/m1./s1. The molecule has 2 aromatic rings. The molecule has 0 spiro atoms. The number of Topliss-reactive ketones (excluding diaryl/α,β-unsaturated/α-hetero) is 1. The highest BCUT2D eigenvalue weighted by Crippen LogP contribution is 2.25. The number of amides is 1. The zero-order valence-corrected chi connectivity index (χ0v) is 16.2. The predicted octanol–water partition coefficient (Wildman–Crippen LogP) is 3.98. The second-order valence-electron chi connectivity index (χ2n) is 6.78. The summed E-state index contributed by atoms with van der Waals surface area (Å²) < 4.78 is 18.3. The molecule has 1 amide bonds. The first-order valence-electron chi connectivity index (χ1n) is 9.06. The maximum atomic E-state index is 13.0. The van der Waals surface area contributed by atoms with Crippen molar-refractivity contribution in [1.82, 2.24) is 4.90 Å². The lowest BCUT2D eigenvalue weighted by atomic mass is 9.88. The van der Waals surface area contributed by atoms with E-state index in [4.69, 9.17) is 10.5 Å². The van der Waals surface area contributed by atoms with E-state index in [2.05, 4.69) is 4.90 Å². The lowest BCUT2D eigenvalue weighted by Crippen LogP contribution is -2.39. The van der Waals surface area contributed by atoms with Gasteiger partial charge in [-0.2, -0.15) is 0 Å². The number of ether oxygens (including phenoxy) is 1. The van der Waals surface area contributed by atoms with Crippen LogP contribution in [0.25, 0.3) is 0 Å². The van der Waals surface area contributed by atoms with E-state index in [1.54, 1.807) is 0 Å². The average Bonchev–Trinajstić information content (AvgIpc) is 2.68. The van der Waals surface area contributed by atoms with Gasteiger partial charge in [0.1, 0.15) is 11.9 Å². The summed E-state index contributed by atoms with van der Waals surface area (Å²) in [5.74, 6) is -0.357. The molecule has 0 aromatic heterocycles. The van der Waals surface area contributed by atoms with Gasteiger partial charge in [-0.15, -0.1) is 12.4 Å². The molecule has 2 aromatic carbocycles. The van der Waals surface area contributed by atoms with Gasteiger partial charge >= 0.3 is 6.09 Å². The van der Waals surface area contributed by atoms with Gasteiger partial charge in [-0.3, -0.25) is 9.69 Å². The van der Waals surface area contributed by atoms with Crippen LogP contribution in [0.2, 0.25) is 0 Å². The molecule has 7 heteroatoms. The van der Waals surface area contributed by atoms with Crippen LogP contribution < -0.4 is 5.73 Å². The Morgan fingerprint density at radius 3 is 2.25 bits per heavy atom. The highest BCUT2D eigenvalue weighted by Gasteiger charge is 2.28. The predicted molar refractivity (Wildman–Crippen MR) is 107 cm³/mol. The van der Waals surface area contributed by atoms with Crippen LogP contribution in [-0.4, -0.2) is 36.4 Å². The first-order valence-corrected chi connectivity index (χ1v) is 9.06. The van der Waals surface area contributed by atoms with E-state index < -0.39 is 12.2 Å². The molecule has 0 radical (unpaired) electrons. The van der Waals surface area contributed by atoms with E-state index in [9.17, 15) is 14.0 Å². The SMILES string of the molecule is Cl.NC(=O)O[C@H](CN1CCC(C(=O)c2ccc(F)cc2)CC1)c1ccccc1. The Hall–Kier alpha value is -2.44. The molecule has 150 valence electrons. The Morgan fingerprint density at radius 2 is 1.68 bits per heavy atom. The lowest BCUT2D eigenvalue weighted by Gasteiger charge is -2.33. The Morgan fingerprint density at radius 1 is 1.07 bits per heavy atom. The second-order valence-corrected chi connectivity index (χ2v) is 6.78. The van der Waals surface area contributed by atoms with Gasteiger partial charge in [0.05, 0.1) is 0 Å². The molecule has 3 rings (SSSR count). The zero-order valence-electron chi connectivity index (χ0n) is 15.4. The first kappa shape index (κ1) is 21.9. The van der Waals surface area contributed by atoms with E-state index >= 15 is 0 Å². The first-order chi connectivity index (χ1) is 13.0. The summed E-state index contributed by atoms with van der Waals surface area (Å²) in [6, 6.07) is 15.2. The molecule has 2 N–H and O–H groups in total. The van der Waals surface area contributed by atoms with Crippen molar-refractivity contribution in [3.8, 4) is 0 Å².